The van der Waals surface area contributed by atoms with Crippen LogP contribution in [0.1, 0.15) is 50.6 Å². The van der Waals surface area contributed by atoms with Gasteiger partial charge in [0.05, 0.1) is 18.0 Å². The zero-order valence-corrected chi connectivity index (χ0v) is 18.1. The number of fused-ring (bicyclic) bond motifs is 1. The Hall–Kier alpha value is -1.29. The molecule has 1 aromatic rings. The summed E-state index contributed by atoms with van der Waals surface area (Å²) in [6, 6.07) is 0.601. The first-order chi connectivity index (χ1) is 13.1. The molecule has 3 rings (SSSR count). The first kappa shape index (κ1) is 21.4. The van der Waals surface area contributed by atoms with Crippen LogP contribution in [0, 0.1) is 5.41 Å². The van der Waals surface area contributed by atoms with Gasteiger partial charge in [-0.2, -0.15) is 18.4 Å². The van der Waals surface area contributed by atoms with Gasteiger partial charge in [-0.15, -0.1) is 0 Å². The third-order valence-electron chi connectivity index (χ3n) is 5.06. The zero-order valence-electron chi connectivity index (χ0n) is 17.3. The topological polar surface area (TPSA) is 93.7 Å². The molecule has 1 N–H and O–H groups in total. The van der Waals surface area contributed by atoms with Crippen molar-refractivity contribution in [3.8, 4) is 6.01 Å². The number of aromatic nitrogens is 2. The van der Waals surface area contributed by atoms with Crippen LogP contribution in [0.5, 0.6) is 6.01 Å². The van der Waals surface area contributed by atoms with Crippen molar-refractivity contribution in [1.29, 1.82) is 0 Å². The minimum Gasteiger partial charge on any atom is -0.462 e. The summed E-state index contributed by atoms with van der Waals surface area (Å²) >= 11 is 0. The normalized spacial score (nSPS) is 20.9. The first-order valence-corrected chi connectivity index (χ1v) is 11.5. The fourth-order valence-electron chi connectivity index (χ4n) is 3.43. The second-order valence-electron chi connectivity index (χ2n) is 8.92. The van der Waals surface area contributed by atoms with Gasteiger partial charge in [-0.05, 0) is 50.4 Å². The van der Waals surface area contributed by atoms with E-state index in [9.17, 15) is 8.42 Å². The molecule has 2 aliphatic rings. The van der Waals surface area contributed by atoms with Crippen LogP contribution in [-0.2, 0) is 33.0 Å². The predicted molar refractivity (Wildman–Crippen MR) is 107 cm³/mol. The maximum atomic E-state index is 12.5. The van der Waals surface area contributed by atoms with Crippen LogP contribution in [0.2, 0.25) is 0 Å². The van der Waals surface area contributed by atoms with Crippen LogP contribution < -0.4 is 10.1 Å². The lowest BCUT2D eigenvalue weighted by atomic mass is 9.99. The maximum absolute atomic E-state index is 12.5. The molecule has 0 saturated carbocycles. The lowest BCUT2D eigenvalue weighted by Crippen LogP contribution is -2.32. The Morgan fingerprint density at radius 1 is 1.29 bits per heavy atom. The Kier molecular flexibility index (Phi) is 6.58. The molecule has 0 amide bonds. The summed E-state index contributed by atoms with van der Waals surface area (Å²) in [4.78, 5) is 11.3. The number of ether oxygens (including phenoxy) is 1. The van der Waals surface area contributed by atoms with E-state index in [0.29, 0.717) is 31.3 Å². The Morgan fingerprint density at radius 2 is 2.07 bits per heavy atom. The van der Waals surface area contributed by atoms with Gasteiger partial charge in [0.1, 0.15) is 12.4 Å². The van der Waals surface area contributed by atoms with Crippen molar-refractivity contribution < 1.29 is 17.3 Å². The SMILES string of the molecule is CN1CCC[C@H]1COc1nc2c(c(CS(=O)(=O)OCC(C)(C)C)n1)CCNC2. The van der Waals surface area contributed by atoms with E-state index in [4.69, 9.17) is 8.92 Å². The fourth-order valence-corrected chi connectivity index (χ4v) is 4.62. The Labute approximate surface area is 168 Å². The van der Waals surface area contributed by atoms with Gasteiger partial charge in [0.15, 0.2) is 0 Å². The van der Waals surface area contributed by atoms with Crippen molar-refractivity contribution in [1.82, 2.24) is 20.2 Å². The highest BCUT2D eigenvalue weighted by molar-refractivity contribution is 7.85. The molecule has 1 atom stereocenters. The Balaban J connectivity index is 1.76. The summed E-state index contributed by atoms with van der Waals surface area (Å²) in [7, 11) is -1.65. The van der Waals surface area contributed by atoms with E-state index in [-0.39, 0.29) is 23.8 Å². The van der Waals surface area contributed by atoms with Gasteiger partial charge in [0, 0.05) is 12.6 Å². The fraction of sp³-hybridized carbons (Fsp3) is 0.789. The molecule has 8 nitrogen and oxygen atoms in total. The van der Waals surface area contributed by atoms with E-state index in [2.05, 4.69) is 27.2 Å². The monoisotopic (exact) mass is 412 g/mol. The second-order valence-corrected chi connectivity index (χ2v) is 10.6. The molecule has 0 bridgehead atoms. The van der Waals surface area contributed by atoms with Crippen LogP contribution in [0.25, 0.3) is 0 Å². The summed E-state index contributed by atoms with van der Waals surface area (Å²) in [6.07, 6.45) is 2.95. The molecule has 9 heteroatoms. The molecule has 1 fully saturated rings. The van der Waals surface area contributed by atoms with Gasteiger partial charge >= 0.3 is 6.01 Å². The Morgan fingerprint density at radius 3 is 2.75 bits per heavy atom. The molecule has 1 aromatic heterocycles. The van der Waals surface area contributed by atoms with Crippen LogP contribution in [-0.4, -0.2) is 62.7 Å². The highest BCUT2D eigenvalue weighted by Crippen LogP contribution is 2.23. The van der Waals surface area contributed by atoms with Crippen molar-refractivity contribution >= 4 is 10.1 Å². The summed E-state index contributed by atoms with van der Waals surface area (Å²) in [5.74, 6) is -0.256. The molecule has 28 heavy (non-hydrogen) atoms. The van der Waals surface area contributed by atoms with Crippen molar-refractivity contribution in [3.63, 3.8) is 0 Å². The van der Waals surface area contributed by atoms with Gasteiger partial charge < -0.3 is 15.0 Å². The van der Waals surface area contributed by atoms with Gasteiger partial charge in [-0.25, -0.2) is 0 Å². The molecule has 0 spiro atoms. The molecule has 158 valence electrons. The van der Waals surface area contributed by atoms with E-state index >= 15 is 0 Å². The first-order valence-electron chi connectivity index (χ1n) is 9.92. The minimum absolute atomic E-state index is 0.140. The van der Waals surface area contributed by atoms with Crippen molar-refractivity contribution in [2.24, 2.45) is 5.41 Å². The quantitative estimate of drug-likeness (QED) is 0.673. The van der Waals surface area contributed by atoms with E-state index in [1.807, 2.05) is 20.8 Å². The number of likely N-dealkylation sites (N-methyl/N-ethyl adjacent to an activating group) is 1. The molecular weight excluding hydrogens is 380 g/mol. The van der Waals surface area contributed by atoms with Gasteiger partial charge in [-0.3, -0.25) is 4.18 Å². The number of nitrogens with one attached hydrogen (secondary N) is 1. The number of rotatable bonds is 7. The van der Waals surface area contributed by atoms with Gasteiger partial charge in [-0.1, -0.05) is 20.8 Å². The number of hydrogen-bond donors (Lipinski definition) is 1. The third-order valence-corrected chi connectivity index (χ3v) is 6.17. The smallest absolute Gasteiger partial charge is 0.316 e. The van der Waals surface area contributed by atoms with E-state index in [1.165, 1.54) is 0 Å². The highest BCUT2D eigenvalue weighted by atomic mass is 32.2. The molecule has 0 unspecified atom stereocenters. The lowest BCUT2D eigenvalue weighted by molar-refractivity contribution is 0.186. The number of likely N-dealkylation sites (tertiary alicyclic amines) is 1. The molecule has 0 aromatic carbocycles. The van der Waals surface area contributed by atoms with E-state index < -0.39 is 10.1 Å². The maximum Gasteiger partial charge on any atom is 0.316 e. The van der Waals surface area contributed by atoms with Crippen molar-refractivity contribution in [2.45, 2.75) is 58.4 Å². The van der Waals surface area contributed by atoms with Crippen LogP contribution in [0.15, 0.2) is 0 Å². The standard InChI is InChI=1S/C19H32N4O4S/c1-19(2,3)13-27-28(24,25)12-17-15-7-8-20-10-16(15)21-18(22-17)26-11-14-6-5-9-23(14)4/h14,20H,5-13H2,1-4H3/t14-/m0/s1. The summed E-state index contributed by atoms with van der Waals surface area (Å²) in [5, 5.41) is 3.27. The molecule has 0 radical (unpaired) electrons. The molecule has 2 aliphatic heterocycles. The minimum atomic E-state index is -3.73. The Bertz CT molecular complexity index is 792. The van der Waals surface area contributed by atoms with E-state index in [1.54, 1.807) is 0 Å². The summed E-state index contributed by atoms with van der Waals surface area (Å²) < 4.78 is 36.1. The largest absolute Gasteiger partial charge is 0.462 e. The number of hydrogen-bond acceptors (Lipinski definition) is 8. The van der Waals surface area contributed by atoms with Crippen LogP contribution in [0.3, 0.4) is 0 Å². The summed E-state index contributed by atoms with van der Waals surface area (Å²) in [5.41, 5.74) is 1.98. The number of nitrogens with zero attached hydrogens (tertiary/aromatic N) is 3. The lowest BCUT2D eigenvalue weighted by Gasteiger charge is -2.22. The van der Waals surface area contributed by atoms with E-state index in [0.717, 1.165) is 37.2 Å². The predicted octanol–water partition coefficient (Wildman–Crippen LogP) is 1.49. The highest BCUT2D eigenvalue weighted by Gasteiger charge is 2.26. The molecule has 0 aliphatic carbocycles. The molecular formula is C19H32N4O4S. The van der Waals surface area contributed by atoms with Crippen molar-refractivity contribution in [3.05, 3.63) is 17.0 Å². The van der Waals surface area contributed by atoms with Gasteiger partial charge in [0.2, 0.25) is 0 Å². The average Bonchev–Trinajstić information content (AvgIpc) is 3.03. The van der Waals surface area contributed by atoms with Crippen LogP contribution in [0.4, 0.5) is 0 Å². The van der Waals surface area contributed by atoms with Crippen LogP contribution >= 0.6 is 0 Å². The third kappa shape index (κ3) is 5.85. The molecule has 1 saturated heterocycles. The van der Waals surface area contributed by atoms with Gasteiger partial charge in [0.25, 0.3) is 10.1 Å². The average molecular weight is 413 g/mol. The second kappa shape index (κ2) is 8.61. The zero-order chi connectivity index (χ0) is 20.4. The summed E-state index contributed by atoms with van der Waals surface area (Å²) in [6.45, 7) is 8.90. The molecule has 3 heterocycles. The van der Waals surface area contributed by atoms with Crippen molar-refractivity contribution in [2.75, 3.05) is 33.4 Å².